The quantitative estimate of drug-likeness (QED) is 0.826. The first kappa shape index (κ1) is 14.0. The van der Waals surface area contributed by atoms with Gasteiger partial charge in [0.15, 0.2) is 0 Å². The number of carbonyl (C=O) groups excluding carboxylic acids is 2. The minimum atomic E-state index is -0.294. The van der Waals surface area contributed by atoms with E-state index in [9.17, 15) is 9.59 Å². The zero-order valence-corrected chi connectivity index (χ0v) is 11.9. The molecular weight excluding hydrogens is 256 g/mol. The minimum absolute atomic E-state index is 0.231. The first-order chi connectivity index (χ1) is 9.47. The third-order valence-electron chi connectivity index (χ3n) is 3.19. The second kappa shape index (κ2) is 5.73. The van der Waals surface area contributed by atoms with Crippen LogP contribution < -0.4 is 10.9 Å². The average molecular weight is 274 g/mol. The Morgan fingerprint density at radius 1 is 1.20 bits per heavy atom. The molecule has 106 valence electrons. The van der Waals surface area contributed by atoms with Crippen molar-refractivity contribution < 1.29 is 9.59 Å². The standard InChI is InChI=1S/C14H18N4O2/c1-9-6-12-13(7-10(9)2)18(8-15-12)5-4-14(20)17-16-11(3)19/h6-8H,4-5H2,1-3H3,(H,16,19)(H,17,20). The maximum absolute atomic E-state index is 11.5. The summed E-state index contributed by atoms with van der Waals surface area (Å²) in [6, 6.07) is 4.11. The molecule has 1 aromatic carbocycles. The van der Waals surface area contributed by atoms with E-state index < -0.39 is 0 Å². The molecule has 0 spiro atoms. The summed E-state index contributed by atoms with van der Waals surface area (Å²) in [5.74, 6) is -0.525. The third-order valence-corrected chi connectivity index (χ3v) is 3.19. The van der Waals surface area contributed by atoms with Crippen LogP contribution in [-0.2, 0) is 16.1 Å². The number of nitrogens with zero attached hydrogens (tertiary/aromatic N) is 2. The molecule has 0 saturated carbocycles. The van der Waals surface area contributed by atoms with E-state index in [4.69, 9.17) is 0 Å². The van der Waals surface area contributed by atoms with Crippen molar-refractivity contribution in [2.45, 2.75) is 33.7 Å². The van der Waals surface area contributed by atoms with Crippen molar-refractivity contribution >= 4 is 22.8 Å². The molecule has 0 atom stereocenters. The molecule has 0 aliphatic carbocycles. The number of nitrogens with one attached hydrogen (secondary N) is 2. The van der Waals surface area contributed by atoms with Gasteiger partial charge in [-0.1, -0.05) is 0 Å². The summed E-state index contributed by atoms with van der Waals surface area (Å²) in [6.07, 6.45) is 2.01. The topological polar surface area (TPSA) is 76.0 Å². The van der Waals surface area contributed by atoms with Gasteiger partial charge in [0.1, 0.15) is 0 Å². The first-order valence-corrected chi connectivity index (χ1v) is 6.45. The molecule has 2 N–H and O–H groups in total. The van der Waals surface area contributed by atoms with Crippen LogP contribution >= 0.6 is 0 Å². The van der Waals surface area contributed by atoms with Gasteiger partial charge < -0.3 is 4.57 Å². The summed E-state index contributed by atoms with van der Waals surface area (Å²) in [6.45, 7) is 5.96. The molecule has 6 heteroatoms. The molecule has 20 heavy (non-hydrogen) atoms. The average Bonchev–Trinajstić information content (AvgIpc) is 2.77. The van der Waals surface area contributed by atoms with Crippen molar-refractivity contribution in [3.8, 4) is 0 Å². The van der Waals surface area contributed by atoms with Gasteiger partial charge in [-0.3, -0.25) is 20.4 Å². The Hall–Kier alpha value is -2.37. The molecule has 0 unspecified atom stereocenters. The van der Waals surface area contributed by atoms with Crippen LogP contribution in [0.5, 0.6) is 0 Å². The van der Waals surface area contributed by atoms with Gasteiger partial charge in [-0.15, -0.1) is 0 Å². The van der Waals surface area contributed by atoms with Crippen LogP contribution in [0.2, 0.25) is 0 Å². The Kier molecular flexibility index (Phi) is 4.02. The second-order valence-corrected chi connectivity index (χ2v) is 4.84. The van der Waals surface area contributed by atoms with Crippen molar-refractivity contribution in [1.29, 1.82) is 0 Å². The van der Waals surface area contributed by atoms with Gasteiger partial charge in [0.25, 0.3) is 0 Å². The van der Waals surface area contributed by atoms with Gasteiger partial charge in [0.05, 0.1) is 17.4 Å². The Morgan fingerprint density at radius 2 is 1.90 bits per heavy atom. The molecule has 6 nitrogen and oxygen atoms in total. The Labute approximate surface area is 117 Å². The number of hydrogen-bond acceptors (Lipinski definition) is 3. The Balaban J connectivity index is 2.05. The van der Waals surface area contributed by atoms with E-state index in [1.54, 1.807) is 6.33 Å². The molecule has 0 aliphatic rings. The van der Waals surface area contributed by atoms with Gasteiger partial charge >= 0.3 is 0 Å². The largest absolute Gasteiger partial charge is 0.330 e. The molecule has 0 fully saturated rings. The van der Waals surface area contributed by atoms with Gasteiger partial charge in [-0.05, 0) is 37.1 Å². The number of aromatic nitrogens is 2. The predicted molar refractivity (Wildman–Crippen MR) is 75.8 cm³/mol. The van der Waals surface area contributed by atoms with Crippen molar-refractivity contribution in [3.63, 3.8) is 0 Å². The second-order valence-electron chi connectivity index (χ2n) is 4.84. The highest BCUT2D eigenvalue weighted by molar-refractivity contribution is 5.81. The van der Waals surface area contributed by atoms with E-state index in [-0.39, 0.29) is 18.2 Å². The zero-order valence-electron chi connectivity index (χ0n) is 11.9. The summed E-state index contributed by atoms with van der Waals surface area (Å²) < 4.78 is 1.94. The Morgan fingerprint density at radius 3 is 2.60 bits per heavy atom. The molecule has 2 rings (SSSR count). The molecule has 0 aliphatic heterocycles. The smallest absolute Gasteiger partial charge is 0.240 e. The maximum atomic E-state index is 11.5. The summed E-state index contributed by atoms with van der Waals surface area (Å²) >= 11 is 0. The number of benzene rings is 1. The predicted octanol–water partition coefficient (Wildman–Crippen LogP) is 1.21. The number of imidazole rings is 1. The van der Waals surface area contributed by atoms with Gasteiger partial charge in [0, 0.05) is 19.9 Å². The monoisotopic (exact) mass is 274 g/mol. The van der Waals surface area contributed by atoms with Gasteiger partial charge in [-0.2, -0.15) is 0 Å². The molecule has 0 radical (unpaired) electrons. The summed E-state index contributed by atoms with van der Waals surface area (Å²) in [5.41, 5.74) is 8.94. The van der Waals surface area contributed by atoms with Crippen LogP contribution in [0, 0.1) is 13.8 Å². The van der Waals surface area contributed by atoms with Crippen molar-refractivity contribution in [1.82, 2.24) is 20.4 Å². The fraction of sp³-hybridized carbons (Fsp3) is 0.357. The van der Waals surface area contributed by atoms with Crippen LogP contribution in [0.3, 0.4) is 0 Å². The lowest BCUT2D eigenvalue weighted by Gasteiger charge is -2.07. The number of amides is 2. The molecular formula is C14H18N4O2. The van der Waals surface area contributed by atoms with Crippen molar-refractivity contribution in [2.24, 2.45) is 0 Å². The van der Waals surface area contributed by atoms with Crippen LogP contribution in [0.4, 0.5) is 0 Å². The normalized spacial score (nSPS) is 10.6. The number of hydrazine groups is 1. The van der Waals surface area contributed by atoms with Crippen LogP contribution in [0.15, 0.2) is 18.5 Å². The van der Waals surface area contributed by atoms with Gasteiger partial charge in [-0.25, -0.2) is 4.98 Å². The third kappa shape index (κ3) is 3.14. The molecule has 2 amide bonds. The van der Waals surface area contributed by atoms with Crippen molar-refractivity contribution in [2.75, 3.05) is 0 Å². The number of rotatable bonds is 3. The number of fused-ring (bicyclic) bond motifs is 1. The highest BCUT2D eigenvalue weighted by atomic mass is 16.2. The van der Waals surface area contributed by atoms with E-state index in [1.807, 2.05) is 10.6 Å². The van der Waals surface area contributed by atoms with E-state index >= 15 is 0 Å². The van der Waals surface area contributed by atoms with Crippen molar-refractivity contribution in [3.05, 3.63) is 29.6 Å². The number of aryl methyl sites for hydroxylation is 3. The van der Waals surface area contributed by atoms with E-state index in [2.05, 4.69) is 35.7 Å². The van der Waals surface area contributed by atoms with Crippen LogP contribution in [0.25, 0.3) is 11.0 Å². The molecule has 2 aromatic rings. The highest BCUT2D eigenvalue weighted by Crippen LogP contribution is 2.18. The lowest BCUT2D eigenvalue weighted by molar-refractivity contribution is -0.127. The zero-order chi connectivity index (χ0) is 14.7. The van der Waals surface area contributed by atoms with E-state index in [1.165, 1.54) is 18.1 Å². The van der Waals surface area contributed by atoms with E-state index in [0.29, 0.717) is 6.54 Å². The van der Waals surface area contributed by atoms with Crippen LogP contribution in [-0.4, -0.2) is 21.4 Å². The lowest BCUT2D eigenvalue weighted by Crippen LogP contribution is -2.40. The fourth-order valence-corrected chi connectivity index (χ4v) is 1.93. The fourth-order valence-electron chi connectivity index (χ4n) is 1.93. The SMILES string of the molecule is CC(=O)NNC(=O)CCn1cnc2cc(C)c(C)cc21. The number of hydrogen-bond donors (Lipinski definition) is 2. The molecule has 0 saturated heterocycles. The summed E-state index contributed by atoms with van der Waals surface area (Å²) in [5, 5.41) is 0. The summed E-state index contributed by atoms with van der Waals surface area (Å²) in [7, 11) is 0. The molecule has 1 aromatic heterocycles. The maximum Gasteiger partial charge on any atom is 0.240 e. The molecule has 0 bridgehead atoms. The molecule has 1 heterocycles. The summed E-state index contributed by atoms with van der Waals surface area (Å²) in [4.78, 5) is 26.6. The highest BCUT2D eigenvalue weighted by Gasteiger charge is 2.07. The van der Waals surface area contributed by atoms with Crippen LogP contribution in [0.1, 0.15) is 24.5 Å². The van der Waals surface area contributed by atoms with E-state index in [0.717, 1.165) is 11.0 Å². The minimum Gasteiger partial charge on any atom is -0.330 e. The Bertz CT molecular complexity index is 660. The lowest BCUT2D eigenvalue weighted by atomic mass is 10.1. The number of carbonyl (C=O) groups is 2. The first-order valence-electron chi connectivity index (χ1n) is 6.45. The van der Waals surface area contributed by atoms with Gasteiger partial charge in [0.2, 0.25) is 11.8 Å².